The summed E-state index contributed by atoms with van der Waals surface area (Å²) in [4.78, 5) is 0. The second-order valence-electron chi connectivity index (χ2n) is 2.23. The van der Waals surface area contributed by atoms with Crippen molar-refractivity contribution in [2.24, 2.45) is 0 Å². The van der Waals surface area contributed by atoms with E-state index in [9.17, 15) is 17.6 Å². The molecule has 6 heteroatoms. The number of alkyl halides is 4. The van der Waals surface area contributed by atoms with Gasteiger partial charge < -0.3 is 0 Å². The van der Waals surface area contributed by atoms with Crippen LogP contribution in [0.25, 0.3) is 0 Å². The van der Waals surface area contributed by atoms with Crippen LogP contribution < -0.4 is 0 Å². The average Bonchev–Trinajstić information content (AvgIpc) is 1.82. The first kappa shape index (κ1) is 10.1. The first-order valence-corrected chi connectivity index (χ1v) is 3.96. The van der Waals surface area contributed by atoms with E-state index >= 15 is 0 Å². The van der Waals surface area contributed by atoms with Crippen LogP contribution in [-0.4, -0.2) is 9.71 Å². The molecule has 0 bridgehead atoms. The predicted octanol–water partition coefficient (Wildman–Crippen LogP) is 3.67. The van der Waals surface area contributed by atoms with E-state index in [1.807, 2.05) is 0 Å². The second kappa shape index (κ2) is 2.73. The van der Waals surface area contributed by atoms with Gasteiger partial charge in [-0.1, -0.05) is 27.5 Å². The molecule has 0 aromatic rings. The van der Waals surface area contributed by atoms with Gasteiger partial charge in [-0.3, -0.25) is 0 Å². The fourth-order valence-electron chi connectivity index (χ4n) is 0.649. The van der Waals surface area contributed by atoms with Gasteiger partial charge in [0.2, 0.25) is 0 Å². The number of rotatable bonds is 0. The molecule has 0 heterocycles. The molecule has 0 amide bonds. The monoisotopic (exact) mass is 264 g/mol. The van der Waals surface area contributed by atoms with E-state index < -0.39 is 21.4 Å². The molecule has 0 aromatic carbocycles. The van der Waals surface area contributed by atoms with Crippen molar-refractivity contribution in [2.45, 2.75) is 9.71 Å². The molecule has 1 aliphatic rings. The van der Waals surface area contributed by atoms with Gasteiger partial charge in [-0.15, -0.1) is 0 Å². The Hall–Kier alpha value is -0.0300. The number of hydrogen-bond donors (Lipinski definition) is 0. The highest BCUT2D eigenvalue weighted by Gasteiger charge is 2.51. The lowest BCUT2D eigenvalue weighted by atomic mass is 10.1. The quantitative estimate of drug-likeness (QED) is 0.463. The lowest BCUT2D eigenvalue weighted by molar-refractivity contribution is 0.0491. The van der Waals surface area contributed by atoms with Crippen LogP contribution in [0.2, 0.25) is 0 Å². The van der Waals surface area contributed by atoms with Gasteiger partial charge in [-0.2, -0.15) is 8.78 Å². The first-order chi connectivity index (χ1) is 5.26. The van der Waals surface area contributed by atoms with Crippen LogP contribution in [0.5, 0.6) is 0 Å². The lowest BCUT2D eigenvalue weighted by Crippen LogP contribution is -2.36. The molecule has 0 aromatic heterocycles. The van der Waals surface area contributed by atoms with Crippen LogP contribution in [0.15, 0.2) is 23.8 Å². The Labute approximate surface area is 79.0 Å². The molecule has 1 rings (SSSR count). The summed E-state index contributed by atoms with van der Waals surface area (Å²) < 4.78 is 47.7. The third kappa shape index (κ3) is 1.52. The summed E-state index contributed by atoms with van der Waals surface area (Å²) in [7, 11) is 0. The highest BCUT2D eigenvalue weighted by molar-refractivity contribution is 9.10. The van der Waals surface area contributed by atoms with Crippen molar-refractivity contribution in [3.63, 3.8) is 0 Å². The third-order valence-electron chi connectivity index (χ3n) is 1.29. The van der Waals surface area contributed by atoms with Crippen molar-refractivity contribution in [3.8, 4) is 0 Å². The summed E-state index contributed by atoms with van der Waals surface area (Å²) in [6.45, 7) is 0. The summed E-state index contributed by atoms with van der Waals surface area (Å²) in [6.07, 6.45) is 0.119. The summed E-state index contributed by atoms with van der Waals surface area (Å²) in [5.74, 6) is -6.64. The van der Waals surface area contributed by atoms with E-state index in [1.165, 1.54) is 0 Å². The maximum atomic E-state index is 12.7. The molecule has 12 heavy (non-hydrogen) atoms. The molecule has 0 fully saturated rings. The predicted molar refractivity (Wildman–Crippen MR) is 40.8 cm³/mol. The maximum Gasteiger partial charge on any atom is 0.301 e. The van der Waals surface area contributed by atoms with E-state index in [4.69, 9.17) is 11.6 Å². The van der Waals surface area contributed by atoms with Gasteiger partial charge in [0.05, 0.1) is 0 Å². The second-order valence-corrected chi connectivity index (χ2v) is 4.53. The van der Waals surface area contributed by atoms with E-state index in [1.54, 1.807) is 0 Å². The molecule has 68 valence electrons. The minimum Gasteiger partial charge on any atom is -0.204 e. The number of hydrogen-bond acceptors (Lipinski definition) is 0. The molecule has 0 aliphatic heterocycles. The van der Waals surface area contributed by atoms with Crippen LogP contribution in [-0.2, 0) is 0 Å². The fourth-order valence-corrected chi connectivity index (χ4v) is 1.11. The smallest absolute Gasteiger partial charge is 0.204 e. The first-order valence-electron chi connectivity index (χ1n) is 2.79. The van der Waals surface area contributed by atoms with Crippen molar-refractivity contribution in [1.29, 1.82) is 0 Å². The van der Waals surface area contributed by atoms with E-state index in [-0.39, 0.29) is 12.2 Å². The minimum absolute atomic E-state index is 0.163. The van der Waals surface area contributed by atoms with Gasteiger partial charge in [0.1, 0.15) is 0 Å². The lowest BCUT2D eigenvalue weighted by Gasteiger charge is -2.27. The third-order valence-corrected chi connectivity index (χ3v) is 2.41. The molecule has 0 radical (unpaired) electrons. The van der Waals surface area contributed by atoms with Crippen LogP contribution >= 0.6 is 27.5 Å². The Morgan fingerprint density at radius 2 is 1.58 bits per heavy atom. The van der Waals surface area contributed by atoms with Crippen LogP contribution in [0.1, 0.15) is 0 Å². The molecule has 1 aliphatic carbocycles. The standard InChI is InChI=1S/C6H2BrClF4/c7-5(8)1-3(9)4(10)2-6(5,11)12/h1-2H. The van der Waals surface area contributed by atoms with Gasteiger partial charge in [0.15, 0.2) is 15.4 Å². The Kier molecular flexibility index (Phi) is 2.29. The van der Waals surface area contributed by atoms with Crippen LogP contribution in [0, 0.1) is 0 Å². The Balaban J connectivity index is 3.15. The van der Waals surface area contributed by atoms with Crippen molar-refractivity contribution >= 4 is 27.5 Å². The Morgan fingerprint density at radius 1 is 1.17 bits per heavy atom. The SMILES string of the molecule is FC1=CC(F)(F)C(Cl)(Br)C=C1F. The molecule has 0 saturated carbocycles. The molecule has 1 atom stereocenters. The minimum atomic E-state index is -3.64. The van der Waals surface area contributed by atoms with Crippen LogP contribution in [0.4, 0.5) is 17.6 Å². The normalized spacial score (nSPS) is 34.2. The highest BCUT2D eigenvalue weighted by Crippen LogP contribution is 2.47. The van der Waals surface area contributed by atoms with Crippen molar-refractivity contribution in [2.75, 3.05) is 0 Å². The summed E-state index contributed by atoms with van der Waals surface area (Å²) in [6, 6.07) is 0. The fraction of sp³-hybridized carbons (Fsp3) is 0.333. The summed E-state index contributed by atoms with van der Waals surface area (Å²) in [5, 5.41) is 0. The van der Waals surface area contributed by atoms with Crippen molar-refractivity contribution in [3.05, 3.63) is 23.8 Å². The largest absolute Gasteiger partial charge is 0.301 e. The van der Waals surface area contributed by atoms with Gasteiger partial charge in [0.25, 0.3) is 0 Å². The van der Waals surface area contributed by atoms with E-state index in [0.29, 0.717) is 0 Å². The zero-order valence-corrected chi connectivity index (χ0v) is 7.76. The molecule has 1 unspecified atom stereocenters. The zero-order chi connectivity index (χ0) is 9.57. The Morgan fingerprint density at radius 3 is 2.00 bits per heavy atom. The van der Waals surface area contributed by atoms with Gasteiger partial charge in [-0.05, 0) is 6.08 Å². The van der Waals surface area contributed by atoms with Crippen molar-refractivity contribution in [1.82, 2.24) is 0 Å². The van der Waals surface area contributed by atoms with Gasteiger partial charge >= 0.3 is 5.92 Å². The number of allylic oxidation sites excluding steroid dienone is 4. The number of halogens is 6. The van der Waals surface area contributed by atoms with E-state index in [0.717, 1.165) is 0 Å². The highest BCUT2D eigenvalue weighted by atomic mass is 79.9. The molecular weight excluding hydrogens is 263 g/mol. The van der Waals surface area contributed by atoms with Gasteiger partial charge in [-0.25, -0.2) is 8.78 Å². The molecule has 0 N–H and O–H groups in total. The summed E-state index contributed by atoms with van der Waals surface area (Å²) in [5.41, 5.74) is 0. The zero-order valence-electron chi connectivity index (χ0n) is 5.42. The van der Waals surface area contributed by atoms with Crippen LogP contribution in [0.3, 0.4) is 0 Å². The van der Waals surface area contributed by atoms with Gasteiger partial charge in [0, 0.05) is 6.08 Å². The van der Waals surface area contributed by atoms with Crippen molar-refractivity contribution < 1.29 is 17.6 Å². The molecular formula is C6H2BrClF4. The topological polar surface area (TPSA) is 0 Å². The van der Waals surface area contributed by atoms with E-state index in [2.05, 4.69) is 15.9 Å². The summed E-state index contributed by atoms with van der Waals surface area (Å²) >= 11 is 7.53. The Bertz CT molecular complexity index is 241. The molecule has 0 saturated heterocycles. The average molecular weight is 265 g/mol. The molecule has 0 spiro atoms. The maximum absolute atomic E-state index is 12.7. The molecule has 0 nitrogen and oxygen atoms in total.